The molecule has 136 valence electrons. The number of likely N-dealkylation sites (tertiary alicyclic amines) is 1. The fourth-order valence-corrected chi connectivity index (χ4v) is 3.02. The summed E-state index contributed by atoms with van der Waals surface area (Å²) < 4.78 is 0. The van der Waals surface area contributed by atoms with E-state index in [0.717, 1.165) is 25.5 Å². The van der Waals surface area contributed by atoms with Crippen LogP contribution < -0.4 is 10.6 Å². The van der Waals surface area contributed by atoms with Gasteiger partial charge in [-0.3, -0.25) is 4.99 Å². The molecule has 1 aromatic carbocycles. The molecule has 0 saturated carbocycles. The van der Waals surface area contributed by atoms with Crippen LogP contribution in [-0.2, 0) is 6.42 Å². The van der Waals surface area contributed by atoms with E-state index in [-0.39, 0.29) is 24.0 Å². The number of benzene rings is 1. The van der Waals surface area contributed by atoms with Gasteiger partial charge in [-0.15, -0.1) is 24.0 Å². The van der Waals surface area contributed by atoms with E-state index in [0.29, 0.717) is 12.1 Å². The number of aliphatic imine (C=N–C) groups is 1. The van der Waals surface area contributed by atoms with Crippen LogP contribution in [0.1, 0.15) is 39.2 Å². The van der Waals surface area contributed by atoms with Crippen molar-refractivity contribution in [2.24, 2.45) is 4.99 Å². The zero-order valence-corrected chi connectivity index (χ0v) is 17.6. The Morgan fingerprint density at radius 3 is 2.46 bits per heavy atom. The lowest BCUT2D eigenvalue weighted by Gasteiger charge is -2.35. The van der Waals surface area contributed by atoms with Gasteiger partial charge < -0.3 is 15.5 Å². The molecule has 24 heavy (non-hydrogen) atoms. The second kappa shape index (κ2) is 11.7. The molecule has 5 heteroatoms. The highest BCUT2D eigenvalue weighted by molar-refractivity contribution is 14.0. The molecule has 1 heterocycles. The summed E-state index contributed by atoms with van der Waals surface area (Å²) in [6.07, 6.45) is 3.38. The first-order valence-corrected chi connectivity index (χ1v) is 9.02. The molecule has 0 unspecified atom stereocenters. The summed E-state index contributed by atoms with van der Waals surface area (Å²) in [6, 6.07) is 11.8. The molecule has 1 fully saturated rings. The normalized spacial score (nSPS) is 16.8. The number of guanidine groups is 1. The molecule has 0 amide bonds. The van der Waals surface area contributed by atoms with E-state index in [2.05, 4.69) is 66.6 Å². The minimum atomic E-state index is 0. The highest BCUT2D eigenvalue weighted by atomic mass is 127. The molecule has 2 N–H and O–H groups in total. The lowest BCUT2D eigenvalue weighted by molar-refractivity contribution is 0.167. The Morgan fingerprint density at radius 2 is 1.88 bits per heavy atom. The van der Waals surface area contributed by atoms with Gasteiger partial charge in [0, 0.05) is 38.3 Å². The summed E-state index contributed by atoms with van der Waals surface area (Å²) in [5.74, 6) is 0.964. The van der Waals surface area contributed by atoms with Gasteiger partial charge in [0.15, 0.2) is 5.96 Å². The van der Waals surface area contributed by atoms with Crippen LogP contribution in [0.25, 0.3) is 0 Å². The average Bonchev–Trinajstić information content (AvgIpc) is 2.56. The maximum atomic E-state index is 4.74. The van der Waals surface area contributed by atoms with Crippen LogP contribution in [0.2, 0.25) is 0 Å². The molecule has 1 aliphatic rings. The standard InChI is InChI=1S/C19H32N4.HI/c1-4-20-19(21-13-10-17-8-6-5-7-9-17)22-18-11-14-23(15-12-18)16(2)3;/h5-9,16,18H,4,10-15H2,1-3H3,(H2,20,21,22);1H. The van der Waals surface area contributed by atoms with Crippen molar-refractivity contribution in [1.29, 1.82) is 0 Å². The molecule has 2 rings (SSSR count). The predicted molar refractivity (Wildman–Crippen MR) is 114 cm³/mol. The van der Waals surface area contributed by atoms with E-state index in [1.165, 1.54) is 31.5 Å². The first kappa shape index (κ1) is 21.2. The predicted octanol–water partition coefficient (Wildman–Crippen LogP) is 3.28. The Balaban J connectivity index is 0.00000288. The van der Waals surface area contributed by atoms with Crippen LogP contribution in [0, 0.1) is 0 Å². The lowest BCUT2D eigenvalue weighted by Crippen LogP contribution is -2.49. The second-order valence-electron chi connectivity index (χ2n) is 6.54. The summed E-state index contributed by atoms with van der Waals surface area (Å²) in [7, 11) is 0. The van der Waals surface area contributed by atoms with E-state index < -0.39 is 0 Å². The van der Waals surface area contributed by atoms with Crippen molar-refractivity contribution in [3.63, 3.8) is 0 Å². The first-order chi connectivity index (χ1) is 11.2. The van der Waals surface area contributed by atoms with Crippen LogP contribution >= 0.6 is 24.0 Å². The lowest BCUT2D eigenvalue weighted by atomic mass is 10.0. The minimum absolute atomic E-state index is 0. The number of nitrogens with zero attached hydrogens (tertiary/aromatic N) is 2. The number of rotatable bonds is 6. The van der Waals surface area contributed by atoms with Crippen LogP contribution in [0.3, 0.4) is 0 Å². The van der Waals surface area contributed by atoms with Crippen molar-refractivity contribution < 1.29 is 0 Å². The molecule has 0 aromatic heterocycles. The third-order valence-electron chi connectivity index (χ3n) is 4.46. The third-order valence-corrected chi connectivity index (χ3v) is 4.46. The second-order valence-corrected chi connectivity index (χ2v) is 6.54. The van der Waals surface area contributed by atoms with Gasteiger partial charge in [0.1, 0.15) is 0 Å². The smallest absolute Gasteiger partial charge is 0.191 e. The van der Waals surface area contributed by atoms with Gasteiger partial charge in [0.25, 0.3) is 0 Å². The highest BCUT2D eigenvalue weighted by Gasteiger charge is 2.21. The Bertz CT molecular complexity index is 468. The van der Waals surface area contributed by atoms with Crippen LogP contribution in [0.15, 0.2) is 35.3 Å². The van der Waals surface area contributed by atoms with Crippen molar-refractivity contribution in [3.8, 4) is 0 Å². The Hall–Kier alpha value is -0.820. The van der Waals surface area contributed by atoms with Crippen LogP contribution in [0.4, 0.5) is 0 Å². The minimum Gasteiger partial charge on any atom is -0.357 e. The molecule has 0 atom stereocenters. The van der Waals surface area contributed by atoms with E-state index in [1.807, 2.05) is 0 Å². The Labute approximate surface area is 164 Å². The highest BCUT2D eigenvalue weighted by Crippen LogP contribution is 2.12. The molecule has 0 spiro atoms. The fraction of sp³-hybridized carbons (Fsp3) is 0.632. The summed E-state index contributed by atoms with van der Waals surface area (Å²) in [4.78, 5) is 7.29. The molecule has 0 aliphatic carbocycles. The van der Waals surface area contributed by atoms with Gasteiger partial charge >= 0.3 is 0 Å². The van der Waals surface area contributed by atoms with Gasteiger partial charge in [-0.2, -0.15) is 0 Å². The maximum Gasteiger partial charge on any atom is 0.191 e. The van der Waals surface area contributed by atoms with E-state index in [9.17, 15) is 0 Å². The first-order valence-electron chi connectivity index (χ1n) is 9.02. The summed E-state index contributed by atoms with van der Waals surface area (Å²) in [6.45, 7) is 10.8. The van der Waals surface area contributed by atoms with Crippen LogP contribution in [-0.4, -0.2) is 49.1 Å². The average molecular weight is 444 g/mol. The molecule has 1 aliphatic heterocycles. The zero-order chi connectivity index (χ0) is 16.5. The van der Waals surface area contributed by atoms with Crippen molar-refractivity contribution in [1.82, 2.24) is 15.5 Å². The van der Waals surface area contributed by atoms with Gasteiger partial charge in [-0.1, -0.05) is 30.3 Å². The Morgan fingerprint density at radius 1 is 1.21 bits per heavy atom. The van der Waals surface area contributed by atoms with Crippen molar-refractivity contribution in [2.45, 2.75) is 52.1 Å². The number of hydrogen-bond donors (Lipinski definition) is 2. The summed E-state index contributed by atoms with van der Waals surface area (Å²) >= 11 is 0. The summed E-state index contributed by atoms with van der Waals surface area (Å²) in [5, 5.41) is 6.99. The zero-order valence-electron chi connectivity index (χ0n) is 15.3. The number of halogens is 1. The Kier molecular flexibility index (Phi) is 10.3. The number of nitrogens with one attached hydrogen (secondary N) is 2. The van der Waals surface area contributed by atoms with Gasteiger partial charge in [0.2, 0.25) is 0 Å². The monoisotopic (exact) mass is 444 g/mol. The van der Waals surface area contributed by atoms with E-state index in [1.54, 1.807) is 0 Å². The molecule has 1 aromatic rings. The van der Waals surface area contributed by atoms with E-state index >= 15 is 0 Å². The van der Waals surface area contributed by atoms with Crippen molar-refractivity contribution in [3.05, 3.63) is 35.9 Å². The quantitative estimate of drug-likeness (QED) is 0.402. The van der Waals surface area contributed by atoms with Crippen molar-refractivity contribution >= 4 is 29.9 Å². The van der Waals surface area contributed by atoms with E-state index in [4.69, 9.17) is 4.99 Å². The molecule has 0 radical (unpaired) electrons. The largest absolute Gasteiger partial charge is 0.357 e. The fourth-order valence-electron chi connectivity index (χ4n) is 3.02. The van der Waals surface area contributed by atoms with Crippen molar-refractivity contribution in [2.75, 3.05) is 26.2 Å². The molecule has 1 saturated heterocycles. The van der Waals surface area contributed by atoms with Gasteiger partial charge in [-0.25, -0.2) is 0 Å². The maximum absolute atomic E-state index is 4.74. The third kappa shape index (κ3) is 7.38. The molecular weight excluding hydrogens is 411 g/mol. The molecule has 4 nitrogen and oxygen atoms in total. The van der Waals surface area contributed by atoms with Gasteiger partial charge in [0.05, 0.1) is 0 Å². The molecular formula is C19H33IN4. The van der Waals surface area contributed by atoms with Crippen LogP contribution in [0.5, 0.6) is 0 Å². The van der Waals surface area contributed by atoms with Gasteiger partial charge in [-0.05, 0) is 45.6 Å². The number of piperidine rings is 1. The number of hydrogen-bond acceptors (Lipinski definition) is 2. The topological polar surface area (TPSA) is 39.7 Å². The molecule has 0 bridgehead atoms. The SMILES string of the molecule is CCNC(=NCCc1ccccc1)NC1CCN(C(C)C)CC1.I. The summed E-state index contributed by atoms with van der Waals surface area (Å²) in [5.41, 5.74) is 1.34.